The molecule has 0 amide bonds. The molecule has 0 fully saturated rings. The van der Waals surface area contributed by atoms with Crippen LogP contribution in [-0.2, 0) is 23.7 Å². The number of rotatable bonds is 10. The molecule has 2 rings (SSSR count). The molecule has 0 saturated carbocycles. The summed E-state index contributed by atoms with van der Waals surface area (Å²) in [6, 6.07) is 10.7. The molecule has 10 nitrogen and oxygen atoms in total. The molecule has 2 aromatic carbocycles. The van der Waals surface area contributed by atoms with Crippen LogP contribution in [0.25, 0.3) is 0 Å². The molecule has 32 heavy (non-hydrogen) atoms. The van der Waals surface area contributed by atoms with E-state index in [1.54, 1.807) is 0 Å². The predicted octanol–water partition coefficient (Wildman–Crippen LogP) is 2.12. The summed E-state index contributed by atoms with van der Waals surface area (Å²) in [6.07, 6.45) is 0. The van der Waals surface area contributed by atoms with Gasteiger partial charge >= 0.3 is 29.8 Å². The number of carbonyl (C=O) groups is 5. The fourth-order valence-electron chi connectivity index (χ4n) is 2.33. The van der Waals surface area contributed by atoms with Crippen molar-refractivity contribution in [3.63, 3.8) is 0 Å². The Morgan fingerprint density at radius 2 is 0.844 bits per heavy atom. The first-order chi connectivity index (χ1) is 15.3. The number of hydrogen-bond donors (Lipinski definition) is 1. The van der Waals surface area contributed by atoms with Crippen LogP contribution in [0.15, 0.2) is 48.5 Å². The lowest BCUT2D eigenvalue weighted by Gasteiger charge is -2.08. The number of carboxylic acid groups (broad SMARTS) is 1. The van der Waals surface area contributed by atoms with Crippen molar-refractivity contribution in [3.8, 4) is 0 Å². The van der Waals surface area contributed by atoms with Gasteiger partial charge in [-0.15, -0.1) is 0 Å². The van der Waals surface area contributed by atoms with Gasteiger partial charge in [0.25, 0.3) is 0 Å². The topological polar surface area (TPSA) is 142 Å². The van der Waals surface area contributed by atoms with E-state index in [4.69, 9.17) is 19.3 Å². The first-order valence-corrected chi connectivity index (χ1v) is 9.36. The lowest BCUT2D eigenvalue weighted by atomic mass is 10.1. The zero-order chi connectivity index (χ0) is 23.5. The highest BCUT2D eigenvalue weighted by molar-refractivity contribution is 5.94. The molecule has 0 aliphatic heterocycles. The summed E-state index contributed by atoms with van der Waals surface area (Å²) in [5.74, 6) is -3.59. The van der Waals surface area contributed by atoms with Crippen LogP contribution < -0.4 is 0 Å². The molecule has 0 heterocycles. The number of carboxylic acids is 1. The minimum Gasteiger partial charge on any atom is -0.478 e. The zero-order valence-electron chi connectivity index (χ0n) is 17.1. The summed E-state index contributed by atoms with van der Waals surface area (Å²) in [4.78, 5) is 57.2. The molecule has 0 saturated heterocycles. The molecular formula is C22H20O10. The van der Waals surface area contributed by atoms with Crippen LogP contribution in [-0.4, -0.2) is 61.4 Å². The van der Waals surface area contributed by atoms with Crippen LogP contribution in [0.2, 0.25) is 0 Å². The monoisotopic (exact) mass is 444 g/mol. The minimum atomic E-state index is -1.11. The molecule has 2 aromatic rings. The molecule has 168 valence electrons. The molecule has 0 bridgehead atoms. The van der Waals surface area contributed by atoms with Crippen LogP contribution in [0.4, 0.5) is 0 Å². The summed E-state index contributed by atoms with van der Waals surface area (Å²) in [5, 5.41) is 8.83. The van der Waals surface area contributed by atoms with Gasteiger partial charge in [-0.05, 0) is 48.5 Å². The fourth-order valence-corrected chi connectivity index (χ4v) is 2.33. The van der Waals surface area contributed by atoms with Crippen LogP contribution in [0, 0.1) is 0 Å². The van der Waals surface area contributed by atoms with E-state index in [2.05, 4.69) is 4.74 Å². The smallest absolute Gasteiger partial charge is 0.338 e. The fraction of sp³-hybridized carbons (Fsp3) is 0.227. The largest absolute Gasteiger partial charge is 0.478 e. The van der Waals surface area contributed by atoms with Crippen LogP contribution in [0.3, 0.4) is 0 Å². The van der Waals surface area contributed by atoms with Crippen LogP contribution in [0.5, 0.6) is 0 Å². The zero-order valence-corrected chi connectivity index (χ0v) is 17.1. The van der Waals surface area contributed by atoms with Crippen molar-refractivity contribution in [2.24, 2.45) is 0 Å². The van der Waals surface area contributed by atoms with Crippen molar-refractivity contribution in [2.45, 2.75) is 6.92 Å². The highest BCUT2D eigenvalue weighted by Gasteiger charge is 2.13. The van der Waals surface area contributed by atoms with E-state index in [9.17, 15) is 24.0 Å². The molecule has 0 unspecified atom stereocenters. The quantitative estimate of drug-likeness (QED) is 0.329. The number of ether oxygens (including phenoxy) is 4. The van der Waals surface area contributed by atoms with E-state index in [1.807, 2.05) is 0 Å². The van der Waals surface area contributed by atoms with E-state index in [1.165, 1.54) is 55.5 Å². The molecule has 0 radical (unpaired) electrons. The number of benzene rings is 2. The molecule has 0 aliphatic rings. The van der Waals surface area contributed by atoms with Gasteiger partial charge in [0.15, 0.2) is 0 Å². The Labute approximate surface area is 182 Å². The third kappa shape index (κ3) is 7.56. The van der Waals surface area contributed by atoms with E-state index < -0.39 is 29.8 Å². The molecule has 0 atom stereocenters. The highest BCUT2D eigenvalue weighted by atomic mass is 16.6. The Balaban J connectivity index is 1.73. The minimum absolute atomic E-state index is 0.0387. The van der Waals surface area contributed by atoms with Gasteiger partial charge in [0, 0.05) is 6.92 Å². The summed E-state index contributed by atoms with van der Waals surface area (Å²) >= 11 is 0. The predicted molar refractivity (Wildman–Crippen MR) is 107 cm³/mol. The van der Waals surface area contributed by atoms with Crippen molar-refractivity contribution in [3.05, 3.63) is 70.8 Å². The second-order valence-corrected chi connectivity index (χ2v) is 6.21. The van der Waals surface area contributed by atoms with Gasteiger partial charge in [-0.3, -0.25) is 4.79 Å². The molecule has 0 aliphatic carbocycles. The molecule has 0 spiro atoms. The molecule has 0 aromatic heterocycles. The van der Waals surface area contributed by atoms with Crippen molar-refractivity contribution < 1.29 is 48.0 Å². The number of hydrogen-bond acceptors (Lipinski definition) is 9. The maximum absolute atomic E-state index is 12.0. The average molecular weight is 444 g/mol. The lowest BCUT2D eigenvalue weighted by Crippen LogP contribution is -2.15. The first-order valence-electron chi connectivity index (χ1n) is 9.36. The Hall–Kier alpha value is -4.21. The Morgan fingerprint density at radius 1 is 0.562 bits per heavy atom. The van der Waals surface area contributed by atoms with Crippen molar-refractivity contribution in [1.82, 2.24) is 0 Å². The maximum atomic E-state index is 12.0. The van der Waals surface area contributed by atoms with Gasteiger partial charge in [-0.2, -0.15) is 0 Å². The molecular weight excluding hydrogens is 424 g/mol. The van der Waals surface area contributed by atoms with Crippen LogP contribution in [0.1, 0.15) is 48.4 Å². The maximum Gasteiger partial charge on any atom is 0.338 e. The van der Waals surface area contributed by atoms with E-state index in [0.717, 1.165) is 0 Å². The third-order valence-corrected chi connectivity index (χ3v) is 3.90. The van der Waals surface area contributed by atoms with Gasteiger partial charge in [0.1, 0.15) is 26.4 Å². The van der Waals surface area contributed by atoms with Gasteiger partial charge in [-0.1, -0.05) is 0 Å². The lowest BCUT2D eigenvalue weighted by molar-refractivity contribution is -0.142. The Morgan fingerprint density at radius 3 is 1.12 bits per heavy atom. The van der Waals surface area contributed by atoms with Crippen LogP contribution >= 0.6 is 0 Å². The standard InChI is InChI=1S/C22H20O10/c1-14(23)29-10-11-30-21(27)17-6-8-18(9-7-17)22(28)32-13-12-31-20(26)16-4-2-15(3-5-16)19(24)25/h2-9H,10-13H2,1H3,(H,24,25). The van der Waals surface area contributed by atoms with E-state index in [0.29, 0.717) is 0 Å². The molecule has 1 N–H and O–H groups in total. The summed E-state index contributed by atoms with van der Waals surface area (Å²) < 4.78 is 19.6. The summed E-state index contributed by atoms with van der Waals surface area (Å²) in [6.45, 7) is 0.704. The number of aromatic carboxylic acids is 1. The Kier molecular flexibility index (Phi) is 8.91. The van der Waals surface area contributed by atoms with E-state index in [-0.39, 0.29) is 48.7 Å². The Bertz CT molecular complexity index is 977. The normalized spacial score (nSPS) is 10.0. The number of esters is 4. The first kappa shape index (κ1) is 24.1. The van der Waals surface area contributed by atoms with Gasteiger partial charge in [0.2, 0.25) is 0 Å². The second kappa shape index (κ2) is 11.8. The van der Waals surface area contributed by atoms with Crippen molar-refractivity contribution >= 4 is 29.8 Å². The summed E-state index contributed by atoms with van der Waals surface area (Å²) in [5.41, 5.74) is 0.581. The van der Waals surface area contributed by atoms with Gasteiger partial charge < -0.3 is 24.1 Å². The van der Waals surface area contributed by atoms with E-state index >= 15 is 0 Å². The third-order valence-electron chi connectivity index (χ3n) is 3.90. The SMILES string of the molecule is CC(=O)OCCOC(=O)c1ccc(C(=O)OCCOC(=O)c2ccc(C(=O)O)cc2)cc1. The molecule has 10 heteroatoms. The van der Waals surface area contributed by atoms with Gasteiger partial charge in [0.05, 0.1) is 22.3 Å². The average Bonchev–Trinajstić information content (AvgIpc) is 2.79. The number of carbonyl (C=O) groups excluding carboxylic acids is 4. The van der Waals surface area contributed by atoms with Crippen molar-refractivity contribution in [1.29, 1.82) is 0 Å². The van der Waals surface area contributed by atoms with Gasteiger partial charge in [-0.25, -0.2) is 19.2 Å². The summed E-state index contributed by atoms with van der Waals surface area (Å²) in [7, 11) is 0. The second-order valence-electron chi connectivity index (χ2n) is 6.21. The van der Waals surface area contributed by atoms with Crippen molar-refractivity contribution in [2.75, 3.05) is 26.4 Å². The highest BCUT2D eigenvalue weighted by Crippen LogP contribution is 2.09.